The van der Waals surface area contributed by atoms with Gasteiger partial charge in [0, 0.05) is 6.92 Å². The van der Waals surface area contributed by atoms with Crippen LogP contribution in [-0.4, -0.2) is 68.3 Å². The molecule has 4 unspecified atom stereocenters. The van der Waals surface area contributed by atoms with Crippen molar-refractivity contribution in [2.45, 2.75) is 31.5 Å². The highest BCUT2D eigenvalue weighted by Crippen LogP contribution is 2.37. The van der Waals surface area contributed by atoms with Gasteiger partial charge in [0.15, 0.2) is 29.2 Å². The fourth-order valence-corrected chi connectivity index (χ4v) is 5.18. The predicted molar refractivity (Wildman–Crippen MR) is 167 cm³/mol. The number of nitrogens with one attached hydrogen (secondary N) is 1. The summed E-state index contributed by atoms with van der Waals surface area (Å²) in [4.78, 5) is 64.2. The van der Waals surface area contributed by atoms with Crippen molar-refractivity contribution in [2.24, 2.45) is 0 Å². The number of ether oxygens (including phenoxy) is 4. The van der Waals surface area contributed by atoms with Gasteiger partial charge in [0.25, 0.3) is 0 Å². The third-order valence-electron chi connectivity index (χ3n) is 7.12. The van der Waals surface area contributed by atoms with Gasteiger partial charge < -0.3 is 18.9 Å². The van der Waals surface area contributed by atoms with Crippen LogP contribution in [0.4, 0.5) is 5.95 Å². The lowest BCUT2D eigenvalue weighted by molar-refractivity contribution is -0.114. The van der Waals surface area contributed by atoms with E-state index in [-0.39, 0.29) is 40.0 Å². The molecule has 13 nitrogen and oxygen atoms in total. The summed E-state index contributed by atoms with van der Waals surface area (Å²) in [6.07, 6.45) is -3.61. The van der Waals surface area contributed by atoms with Crippen LogP contribution in [0.3, 0.4) is 0 Å². The Bertz CT molecular complexity index is 1920. The van der Waals surface area contributed by atoms with Crippen molar-refractivity contribution >= 4 is 52.5 Å². The minimum atomic E-state index is -1.31. The van der Waals surface area contributed by atoms with Gasteiger partial charge in [0.05, 0.1) is 23.0 Å². The Morgan fingerprint density at radius 3 is 1.87 bits per heavy atom. The number of imidazole rings is 1. The zero-order chi connectivity index (χ0) is 32.9. The topological polar surface area (TPSA) is 161 Å². The fraction of sp³-hybridized carbons (Fsp3) is 0.182. The van der Waals surface area contributed by atoms with Crippen LogP contribution in [0.25, 0.3) is 11.2 Å². The highest BCUT2D eigenvalue weighted by atomic mass is 35.5. The highest BCUT2D eigenvalue weighted by Gasteiger charge is 2.52. The second kappa shape index (κ2) is 13.8. The van der Waals surface area contributed by atoms with Crippen LogP contribution >= 0.6 is 11.6 Å². The highest BCUT2D eigenvalue weighted by molar-refractivity contribution is 6.33. The molecular weight excluding hydrogens is 630 g/mol. The zero-order valence-corrected chi connectivity index (χ0v) is 25.4. The Balaban J connectivity index is 1.40. The van der Waals surface area contributed by atoms with Gasteiger partial charge in [-0.15, -0.1) is 0 Å². The van der Waals surface area contributed by atoms with Crippen LogP contribution in [0.1, 0.15) is 44.2 Å². The molecule has 0 spiro atoms. The number of carbonyl (C=O) groups is 4. The summed E-state index contributed by atoms with van der Waals surface area (Å²) in [6, 6.07) is 24.8. The van der Waals surface area contributed by atoms with Crippen molar-refractivity contribution in [3.05, 3.63) is 119 Å². The summed E-state index contributed by atoms with van der Waals surface area (Å²) in [5.41, 5.74) is 1.04. The number of anilines is 1. The van der Waals surface area contributed by atoms with Crippen molar-refractivity contribution in [3.8, 4) is 0 Å². The van der Waals surface area contributed by atoms with Gasteiger partial charge in [0.1, 0.15) is 18.2 Å². The van der Waals surface area contributed by atoms with E-state index in [1.54, 1.807) is 91.0 Å². The van der Waals surface area contributed by atoms with Gasteiger partial charge in [-0.2, -0.15) is 9.97 Å². The van der Waals surface area contributed by atoms with Crippen molar-refractivity contribution in [2.75, 3.05) is 11.9 Å². The molecule has 1 fully saturated rings. The summed E-state index contributed by atoms with van der Waals surface area (Å²) < 4.78 is 25.3. The molecular formula is C33H26ClN5O8. The zero-order valence-electron chi connectivity index (χ0n) is 24.7. The third kappa shape index (κ3) is 6.95. The SMILES string of the molecule is CC(=O)Nc1nc(Cl)c2ncn(C3OC(COC(=O)c4ccccc4)C(OC(=O)c4ccccc4)C3OC(=O)c3ccccc3)c2n1. The molecule has 0 bridgehead atoms. The second-order valence-corrected chi connectivity index (χ2v) is 10.7. The van der Waals surface area contributed by atoms with Gasteiger partial charge in [0.2, 0.25) is 11.9 Å². The maximum absolute atomic E-state index is 13.4. The molecule has 1 N–H and O–H groups in total. The Morgan fingerprint density at radius 2 is 1.32 bits per heavy atom. The van der Waals surface area contributed by atoms with E-state index in [2.05, 4.69) is 20.3 Å². The normalized spacial score (nSPS) is 18.8. The van der Waals surface area contributed by atoms with Crippen LogP contribution in [0, 0.1) is 0 Å². The van der Waals surface area contributed by atoms with Gasteiger partial charge in [-0.05, 0) is 36.4 Å². The largest absolute Gasteiger partial charge is 0.459 e. The standard InChI is InChI=1S/C33H26ClN5O8/c1-19(40)36-33-37-27(34)24-28(38-33)39(18-35-24)29-26(47-32(43)22-15-9-4-10-16-22)25(46-31(42)21-13-7-3-8-14-21)23(45-29)17-44-30(41)20-11-5-2-6-12-20/h2-16,18,23,25-26,29H,17H2,1H3,(H,36,37,38,40). The smallest absolute Gasteiger partial charge is 0.338 e. The number of hydrogen-bond donors (Lipinski definition) is 1. The summed E-state index contributed by atoms with van der Waals surface area (Å²) in [7, 11) is 0. The minimum Gasteiger partial charge on any atom is -0.459 e. The third-order valence-corrected chi connectivity index (χ3v) is 7.38. The van der Waals surface area contributed by atoms with Gasteiger partial charge in [-0.3, -0.25) is 14.7 Å². The van der Waals surface area contributed by atoms with Crippen molar-refractivity contribution in [3.63, 3.8) is 0 Å². The predicted octanol–water partition coefficient (Wildman–Crippen LogP) is 4.64. The second-order valence-electron chi connectivity index (χ2n) is 10.3. The molecule has 1 saturated heterocycles. The van der Waals surface area contributed by atoms with E-state index in [1.807, 2.05) is 0 Å². The number of fused-ring (bicyclic) bond motifs is 1. The van der Waals surface area contributed by atoms with E-state index >= 15 is 0 Å². The van der Waals surface area contributed by atoms with E-state index in [4.69, 9.17) is 30.5 Å². The first-order chi connectivity index (χ1) is 22.8. The van der Waals surface area contributed by atoms with Crippen LogP contribution in [0.5, 0.6) is 0 Å². The lowest BCUT2D eigenvalue weighted by atomic mass is 10.1. The van der Waals surface area contributed by atoms with Crippen molar-refractivity contribution in [1.29, 1.82) is 0 Å². The Labute approximate surface area is 272 Å². The number of rotatable bonds is 9. The molecule has 4 atom stereocenters. The summed E-state index contributed by atoms with van der Waals surface area (Å²) in [6.45, 7) is 0.904. The summed E-state index contributed by atoms with van der Waals surface area (Å²) in [5.74, 6) is -2.65. The van der Waals surface area contributed by atoms with Gasteiger partial charge in [-0.25, -0.2) is 19.4 Å². The lowest BCUT2D eigenvalue weighted by Gasteiger charge is -2.25. The maximum atomic E-state index is 13.4. The number of hydrogen-bond acceptors (Lipinski definition) is 11. The molecule has 1 amide bonds. The van der Waals surface area contributed by atoms with E-state index in [0.29, 0.717) is 5.56 Å². The fourth-order valence-electron chi connectivity index (χ4n) is 4.96. The molecule has 47 heavy (non-hydrogen) atoms. The molecule has 2 aromatic heterocycles. The number of carbonyl (C=O) groups excluding carboxylic acids is 4. The van der Waals surface area contributed by atoms with E-state index < -0.39 is 48.4 Å². The minimum absolute atomic E-state index is 0.0614. The Hall–Kier alpha value is -5.66. The number of amides is 1. The summed E-state index contributed by atoms with van der Waals surface area (Å²) in [5, 5.41) is 2.42. The lowest BCUT2D eigenvalue weighted by Crippen LogP contribution is -2.41. The molecule has 3 heterocycles. The summed E-state index contributed by atoms with van der Waals surface area (Å²) >= 11 is 6.37. The molecule has 3 aromatic carbocycles. The first-order valence-corrected chi connectivity index (χ1v) is 14.7. The van der Waals surface area contributed by atoms with Crippen LogP contribution in [0.15, 0.2) is 97.3 Å². The average molecular weight is 656 g/mol. The number of esters is 3. The van der Waals surface area contributed by atoms with E-state index in [0.717, 1.165) is 0 Å². The van der Waals surface area contributed by atoms with Crippen molar-refractivity contribution < 1.29 is 38.1 Å². The van der Waals surface area contributed by atoms with Crippen LogP contribution in [-0.2, 0) is 23.7 Å². The molecule has 6 rings (SSSR count). The Morgan fingerprint density at radius 1 is 0.787 bits per heavy atom. The maximum Gasteiger partial charge on any atom is 0.338 e. The molecule has 0 saturated carbocycles. The van der Waals surface area contributed by atoms with E-state index in [1.165, 1.54) is 17.8 Å². The Kier molecular flexibility index (Phi) is 9.18. The molecule has 1 aliphatic heterocycles. The average Bonchev–Trinajstić information content (AvgIpc) is 3.65. The molecule has 238 valence electrons. The first-order valence-electron chi connectivity index (χ1n) is 14.4. The van der Waals surface area contributed by atoms with Crippen LogP contribution < -0.4 is 5.32 Å². The number of nitrogens with zero attached hydrogens (tertiary/aromatic N) is 4. The number of benzene rings is 3. The van der Waals surface area contributed by atoms with E-state index in [9.17, 15) is 19.2 Å². The monoisotopic (exact) mass is 655 g/mol. The number of aromatic nitrogens is 4. The molecule has 5 aromatic rings. The number of halogens is 1. The quantitative estimate of drug-likeness (QED) is 0.134. The van der Waals surface area contributed by atoms with Gasteiger partial charge >= 0.3 is 17.9 Å². The van der Waals surface area contributed by atoms with Crippen LogP contribution in [0.2, 0.25) is 5.15 Å². The van der Waals surface area contributed by atoms with Crippen molar-refractivity contribution in [1.82, 2.24) is 19.5 Å². The molecule has 14 heteroatoms. The molecule has 1 aliphatic rings. The first kappa shape index (κ1) is 31.3. The molecule has 0 radical (unpaired) electrons. The molecule has 0 aliphatic carbocycles. The van der Waals surface area contributed by atoms with Gasteiger partial charge in [-0.1, -0.05) is 66.2 Å².